The second kappa shape index (κ2) is 6.18. The van der Waals surface area contributed by atoms with Crippen LogP contribution in [-0.2, 0) is 4.79 Å². The first-order valence-electron chi connectivity index (χ1n) is 4.89. The van der Waals surface area contributed by atoms with Crippen LogP contribution < -0.4 is 4.74 Å². The number of likely N-dealkylation sites (N-methyl/N-ethyl adjacent to an activating group) is 1. The number of carbonyl (C=O) groups excluding carboxylic acids is 1. The van der Waals surface area contributed by atoms with Crippen molar-refractivity contribution in [3.05, 3.63) is 41.9 Å². The summed E-state index contributed by atoms with van der Waals surface area (Å²) in [7, 11) is 1.70. The molecule has 86 valence electrons. The van der Waals surface area contributed by atoms with Gasteiger partial charge in [0, 0.05) is 12.1 Å². The monoisotopic (exact) mass is 239 g/mol. The Morgan fingerprint density at radius 1 is 1.62 bits per heavy atom. The van der Waals surface area contributed by atoms with Crippen LogP contribution in [0.2, 0.25) is 5.02 Å². The fourth-order valence-corrected chi connectivity index (χ4v) is 1.30. The molecular formula is C12H14ClNO2. The molecule has 0 radical (unpaired) electrons. The van der Waals surface area contributed by atoms with Crippen LogP contribution in [0.3, 0.4) is 0 Å². The molecule has 0 unspecified atom stereocenters. The van der Waals surface area contributed by atoms with E-state index in [1.165, 1.54) is 11.0 Å². The highest BCUT2D eigenvalue weighted by molar-refractivity contribution is 6.30. The fraction of sp³-hybridized carbons (Fsp3) is 0.250. The van der Waals surface area contributed by atoms with Gasteiger partial charge in [-0.3, -0.25) is 4.79 Å². The predicted octanol–water partition coefficient (Wildman–Crippen LogP) is 2.36. The number of nitrogens with zero attached hydrogens (tertiary/aromatic N) is 1. The Morgan fingerprint density at radius 2 is 2.38 bits per heavy atom. The van der Waals surface area contributed by atoms with Gasteiger partial charge in [-0.2, -0.15) is 0 Å². The number of halogens is 1. The molecule has 0 bridgehead atoms. The summed E-state index contributed by atoms with van der Waals surface area (Å²) in [5.41, 5.74) is 0. The van der Waals surface area contributed by atoms with Crippen molar-refractivity contribution in [2.75, 3.05) is 20.2 Å². The zero-order valence-electron chi connectivity index (χ0n) is 9.15. The lowest BCUT2D eigenvalue weighted by molar-refractivity contribution is -0.125. The quantitative estimate of drug-likeness (QED) is 0.739. The van der Waals surface area contributed by atoms with Crippen LogP contribution in [0.5, 0.6) is 5.75 Å². The molecule has 0 aliphatic carbocycles. The molecule has 1 aromatic rings. The summed E-state index contributed by atoms with van der Waals surface area (Å²) >= 11 is 5.80. The van der Waals surface area contributed by atoms with E-state index in [1.54, 1.807) is 19.2 Å². The molecule has 3 nitrogen and oxygen atoms in total. The first-order chi connectivity index (χ1) is 7.63. The minimum Gasteiger partial charge on any atom is -0.492 e. The maximum atomic E-state index is 11.1. The lowest BCUT2D eigenvalue weighted by Gasteiger charge is -2.15. The van der Waals surface area contributed by atoms with Crippen molar-refractivity contribution >= 4 is 17.5 Å². The standard InChI is InChI=1S/C12H14ClNO2/c1-3-12(15)14(2)7-8-16-11-6-4-5-10(13)9-11/h3-6,9H,1,7-8H2,2H3. The average molecular weight is 240 g/mol. The maximum absolute atomic E-state index is 11.1. The summed E-state index contributed by atoms with van der Waals surface area (Å²) in [6.07, 6.45) is 1.28. The van der Waals surface area contributed by atoms with Crippen molar-refractivity contribution < 1.29 is 9.53 Å². The zero-order chi connectivity index (χ0) is 12.0. The highest BCUT2D eigenvalue weighted by atomic mass is 35.5. The molecule has 0 fully saturated rings. The molecule has 0 heterocycles. The maximum Gasteiger partial charge on any atom is 0.245 e. The van der Waals surface area contributed by atoms with Crippen molar-refractivity contribution in [2.45, 2.75) is 0 Å². The summed E-state index contributed by atoms with van der Waals surface area (Å²) in [6.45, 7) is 4.35. The molecular weight excluding hydrogens is 226 g/mol. The number of hydrogen-bond acceptors (Lipinski definition) is 2. The third kappa shape index (κ3) is 3.95. The Morgan fingerprint density at radius 3 is 3.00 bits per heavy atom. The SMILES string of the molecule is C=CC(=O)N(C)CCOc1cccc(Cl)c1. The second-order valence-corrected chi connectivity index (χ2v) is 3.71. The van der Waals surface area contributed by atoms with Crippen molar-refractivity contribution in [3.63, 3.8) is 0 Å². The number of hydrogen-bond donors (Lipinski definition) is 0. The van der Waals surface area contributed by atoms with Crippen molar-refractivity contribution in [3.8, 4) is 5.75 Å². The first-order valence-corrected chi connectivity index (χ1v) is 5.27. The molecule has 1 rings (SSSR count). The summed E-state index contributed by atoms with van der Waals surface area (Å²) < 4.78 is 5.44. The number of rotatable bonds is 5. The van der Waals surface area contributed by atoms with Crippen molar-refractivity contribution in [1.29, 1.82) is 0 Å². The van der Waals surface area contributed by atoms with Crippen LogP contribution >= 0.6 is 11.6 Å². The minimum atomic E-state index is -0.116. The number of carbonyl (C=O) groups is 1. The average Bonchev–Trinajstić information content (AvgIpc) is 2.28. The van der Waals surface area contributed by atoms with E-state index >= 15 is 0 Å². The summed E-state index contributed by atoms with van der Waals surface area (Å²) in [4.78, 5) is 12.7. The molecule has 1 amide bonds. The van der Waals surface area contributed by atoms with E-state index in [-0.39, 0.29) is 5.91 Å². The Bertz CT molecular complexity index is 379. The third-order valence-electron chi connectivity index (χ3n) is 2.04. The summed E-state index contributed by atoms with van der Waals surface area (Å²) in [6, 6.07) is 7.15. The van der Waals surface area contributed by atoms with E-state index in [9.17, 15) is 4.79 Å². The normalized spacial score (nSPS) is 9.62. The molecule has 0 saturated heterocycles. The Kier molecular flexibility index (Phi) is 4.86. The first kappa shape index (κ1) is 12.6. The third-order valence-corrected chi connectivity index (χ3v) is 2.28. The van der Waals surface area contributed by atoms with E-state index in [2.05, 4.69) is 6.58 Å². The molecule has 0 aromatic heterocycles. The molecule has 0 N–H and O–H groups in total. The number of ether oxygens (including phenoxy) is 1. The van der Waals surface area contributed by atoms with Crippen LogP contribution in [0, 0.1) is 0 Å². The Labute approximate surface area is 100 Å². The van der Waals surface area contributed by atoms with Crippen LogP contribution in [-0.4, -0.2) is 31.0 Å². The van der Waals surface area contributed by atoms with Crippen LogP contribution in [0.1, 0.15) is 0 Å². The fourth-order valence-electron chi connectivity index (χ4n) is 1.12. The van der Waals surface area contributed by atoms with Gasteiger partial charge in [-0.15, -0.1) is 0 Å². The van der Waals surface area contributed by atoms with Crippen molar-refractivity contribution in [1.82, 2.24) is 4.90 Å². The van der Waals surface area contributed by atoms with Gasteiger partial charge < -0.3 is 9.64 Å². The summed E-state index contributed by atoms with van der Waals surface area (Å²) in [5, 5.41) is 0.632. The van der Waals surface area contributed by atoms with E-state index in [0.29, 0.717) is 23.9 Å². The predicted molar refractivity (Wildman–Crippen MR) is 64.8 cm³/mol. The van der Waals surface area contributed by atoms with Gasteiger partial charge in [0.15, 0.2) is 0 Å². The van der Waals surface area contributed by atoms with Gasteiger partial charge in [-0.25, -0.2) is 0 Å². The number of amides is 1. The van der Waals surface area contributed by atoms with Gasteiger partial charge in [0.05, 0.1) is 6.54 Å². The summed E-state index contributed by atoms with van der Waals surface area (Å²) in [5.74, 6) is 0.585. The van der Waals surface area contributed by atoms with Gasteiger partial charge in [-0.1, -0.05) is 24.2 Å². The molecule has 4 heteroatoms. The molecule has 0 spiro atoms. The molecule has 16 heavy (non-hydrogen) atoms. The van der Waals surface area contributed by atoms with E-state index in [4.69, 9.17) is 16.3 Å². The Hall–Kier alpha value is -1.48. The highest BCUT2D eigenvalue weighted by Gasteiger charge is 2.03. The largest absolute Gasteiger partial charge is 0.492 e. The van der Waals surface area contributed by atoms with E-state index < -0.39 is 0 Å². The molecule has 0 aliphatic heterocycles. The molecule has 0 aliphatic rings. The minimum absolute atomic E-state index is 0.116. The van der Waals surface area contributed by atoms with E-state index in [0.717, 1.165) is 0 Å². The van der Waals surface area contributed by atoms with Gasteiger partial charge in [0.1, 0.15) is 12.4 Å². The topological polar surface area (TPSA) is 29.5 Å². The van der Waals surface area contributed by atoms with Gasteiger partial charge in [0.2, 0.25) is 5.91 Å². The number of benzene rings is 1. The van der Waals surface area contributed by atoms with Crippen LogP contribution in [0.25, 0.3) is 0 Å². The second-order valence-electron chi connectivity index (χ2n) is 3.27. The van der Waals surface area contributed by atoms with E-state index in [1.807, 2.05) is 12.1 Å². The molecule has 0 atom stereocenters. The molecule has 0 saturated carbocycles. The van der Waals surface area contributed by atoms with Crippen molar-refractivity contribution in [2.24, 2.45) is 0 Å². The molecule has 1 aromatic carbocycles. The van der Waals surface area contributed by atoms with Gasteiger partial charge >= 0.3 is 0 Å². The highest BCUT2D eigenvalue weighted by Crippen LogP contribution is 2.16. The van der Waals surface area contributed by atoms with Crippen LogP contribution in [0.4, 0.5) is 0 Å². The zero-order valence-corrected chi connectivity index (χ0v) is 9.91. The van der Waals surface area contributed by atoms with Gasteiger partial charge in [0.25, 0.3) is 0 Å². The lowest BCUT2D eigenvalue weighted by atomic mass is 10.3. The smallest absolute Gasteiger partial charge is 0.245 e. The Balaban J connectivity index is 2.36. The van der Waals surface area contributed by atoms with Gasteiger partial charge in [-0.05, 0) is 24.3 Å². The van der Waals surface area contributed by atoms with Crippen LogP contribution in [0.15, 0.2) is 36.9 Å². The lowest BCUT2D eigenvalue weighted by Crippen LogP contribution is -2.29.